The zero-order valence-corrected chi connectivity index (χ0v) is 11.3. The molecule has 1 unspecified atom stereocenters. The van der Waals surface area contributed by atoms with Gasteiger partial charge in [0.25, 0.3) is 0 Å². The first kappa shape index (κ1) is 13.9. The minimum atomic E-state index is -0.363. The van der Waals surface area contributed by atoms with E-state index in [4.69, 9.17) is 4.74 Å². The van der Waals surface area contributed by atoms with Gasteiger partial charge in [0.1, 0.15) is 5.75 Å². The van der Waals surface area contributed by atoms with Gasteiger partial charge in [0.15, 0.2) is 0 Å². The van der Waals surface area contributed by atoms with Crippen molar-refractivity contribution in [3.8, 4) is 5.75 Å². The third-order valence-corrected chi connectivity index (χ3v) is 3.52. The highest BCUT2D eigenvalue weighted by atomic mass is 16.5. The number of aliphatic hydroxyl groups is 1. The summed E-state index contributed by atoms with van der Waals surface area (Å²) in [5.74, 6) is 0.891. The number of hydrogen-bond donors (Lipinski definition) is 2. The van der Waals surface area contributed by atoms with Crippen LogP contribution in [0.15, 0.2) is 18.2 Å². The number of carbonyl (C=O) groups excluding carboxylic acids is 1. The van der Waals surface area contributed by atoms with E-state index < -0.39 is 0 Å². The summed E-state index contributed by atoms with van der Waals surface area (Å²) in [4.78, 5) is 11.1. The molecule has 0 heterocycles. The lowest BCUT2D eigenvalue weighted by Gasteiger charge is -2.23. The van der Waals surface area contributed by atoms with Crippen LogP contribution in [0.2, 0.25) is 0 Å². The van der Waals surface area contributed by atoms with Gasteiger partial charge in [-0.15, -0.1) is 0 Å². The molecular formula is C15H21NO3. The molecule has 0 aliphatic heterocycles. The first-order valence-corrected chi connectivity index (χ1v) is 6.85. The lowest BCUT2D eigenvalue weighted by Crippen LogP contribution is -2.18. The molecule has 4 nitrogen and oxygen atoms in total. The second kappa shape index (κ2) is 6.57. The van der Waals surface area contributed by atoms with Gasteiger partial charge in [-0.1, -0.05) is 12.1 Å². The van der Waals surface area contributed by atoms with Gasteiger partial charge in [-0.3, -0.25) is 4.79 Å². The number of ether oxygens (including phenoxy) is 1. The Labute approximate surface area is 113 Å². The number of amides is 1. The van der Waals surface area contributed by atoms with E-state index in [1.165, 1.54) is 0 Å². The van der Waals surface area contributed by atoms with E-state index in [0.29, 0.717) is 19.4 Å². The molecular weight excluding hydrogens is 242 g/mol. The van der Waals surface area contributed by atoms with Gasteiger partial charge in [0, 0.05) is 13.5 Å². The van der Waals surface area contributed by atoms with Gasteiger partial charge in [-0.25, -0.2) is 0 Å². The molecule has 2 N–H and O–H groups in total. The van der Waals surface area contributed by atoms with E-state index in [0.717, 1.165) is 36.1 Å². The zero-order valence-electron chi connectivity index (χ0n) is 11.3. The fraction of sp³-hybridized carbons (Fsp3) is 0.533. The van der Waals surface area contributed by atoms with Crippen LogP contribution < -0.4 is 10.1 Å². The minimum absolute atomic E-state index is 0.0362. The normalized spacial score (nSPS) is 17.7. The summed E-state index contributed by atoms with van der Waals surface area (Å²) in [6.45, 7) is 0.528. The molecule has 1 aromatic rings. The third kappa shape index (κ3) is 3.47. The van der Waals surface area contributed by atoms with E-state index in [9.17, 15) is 9.90 Å². The molecule has 0 saturated heterocycles. The largest absolute Gasteiger partial charge is 0.493 e. The Balaban J connectivity index is 1.94. The summed E-state index contributed by atoms with van der Waals surface area (Å²) in [5, 5.41) is 12.5. The highest BCUT2D eigenvalue weighted by Gasteiger charge is 2.20. The molecule has 0 radical (unpaired) electrons. The van der Waals surface area contributed by atoms with Crippen LogP contribution in [0, 0.1) is 0 Å². The van der Waals surface area contributed by atoms with Crippen LogP contribution in [-0.4, -0.2) is 24.7 Å². The van der Waals surface area contributed by atoms with Gasteiger partial charge < -0.3 is 15.2 Å². The fourth-order valence-corrected chi connectivity index (χ4v) is 2.47. The fourth-order valence-electron chi connectivity index (χ4n) is 2.47. The van der Waals surface area contributed by atoms with E-state index in [1.54, 1.807) is 7.05 Å². The maximum atomic E-state index is 11.1. The number of hydrogen-bond acceptors (Lipinski definition) is 3. The molecule has 1 aromatic carbocycles. The van der Waals surface area contributed by atoms with Crippen molar-refractivity contribution >= 4 is 5.91 Å². The molecule has 1 atom stereocenters. The van der Waals surface area contributed by atoms with Gasteiger partial charge >= 0.3 is 0 Å². The number of fused-ring (bicyclic) bond motifs is 1. The SMILES string of the molecule is CNC(=O)CCCOc1cccc2c1CCCC2O. The van der Waals surface area contributed by atoms with Crippen molar-refractivity contribution in [2.24, 2.45) is 0 Å². The molecule has 0 bridgehead atoms. The van der Waals surface area contributed by atoms with Crippen molar-refractivity contribution in [2.75, 3.05) is 13.7 Å². The highest BCUT2D eigenvalue weighted by Crippen LogP contribution is 2.35. The summed E-state index contributed by atoms with van der Waals surface area (Å²) in [5.41, 5.74) is 2.12. The Morgan fingerprint density at radius 2 is 2.37 bits per heavy atom. The van der Waals surface area contributed by atoms with E-state index in [2.05, 4.69) is 5.32 Å². The van der Waals surface area contributed by atoms with Crippen molar-refractivity contribution in [3.63, 3.8) is 0 Å². The quantitative estimate of drug-likeness (QED) is 0.798. The van der Waals surface area contributed by atoms with Gasteiger partial charge in [0.05, 0.1) is 12.7 Å². The smallest absolute Gasteiger partial charge is 0.219 e. The van der Waals surface area contributed by atoms with Crippen LogP contribution in [0.4, 0.5) is 0 Å². The number of carbonyl (C=O) groups is 1. The average Bonchev–Trinajstić information content (AvgIpc) is 2.44. The summed E-state index contributed by atoms with van der Waals surface area (Å²) in [7, 11) is 1.64. The zero-order chi connectivity index (χ0) is 13.7. The van der Waals surface area contributed by atoms with Crippen LogP contribution in [-0.2, 0) is 11.2 Å². The molecule has 4 heteroatoms. The predicted molar refractivity (Wildman–Crippen MR) is 73.1 cm³/mol. The first-order valence-electron chi connectivity index (χ1n) is 6.85. The van der Waals surface area contributed by atoms with Crippen molar-refractivity contribution in [3.05, 3.63) is 29.3 Å². The molecule has 1 aliphatic rings. The molecule has 0 spiro atoms. The van der Waals surface area contributed by atoms with Gasteiger partial charge in [-0.2, -0.15) is 0 Å². The first-order chi connectivity index (χ1) is 9.22. The Morgan fingerprint density at radius 1 is 1.53 bits per heavy atom. The molecule has 19 heavy (non-hydrogen) atoms. The van der Waals surface area contributed by atoms with Crippen LogP contribution >= 0.6 is 0 Å². The average molecular weight is 263 g/mol. The molecule has 0 saturated carbocycles. The minimum Gasteiger partial charge on any atom is -0.493 e. The Kier molecular flexibility index (Phi) is 4.80. The maximum Gasteiger partial charge on any atom is 0.219 e. The molecule has 0 aromatic heterocycles. The van der Waals surface area contributed by atoms with Crippen LogP contribution in [0.25, 0.3) is 0 Å². The Hall–Kier alpha value is -1.55. The molecule has 104 valence electrons. The van der Waals surface area contributed by atoms with Crippen molar-refractivity contribution < 1.29 is 14.6 Å². The number of nitrogens with one attached hydrogen (secondary N) is 1. The lowest BCUT2D eigenvalue weighted by atomic mass is 9.89. The van der Waals surface area contributed by atoms with Crippen molar-refractivity contribution in [1.29, 1.82) is 0 Å². The summed E-state index contributed by atoms with van der Waals surface area (Å²) in [6, 6.07) is 5.83. The molecule has 2 rings (SSSR count). The maximum absolute atomic E-state index is 11.1. The van der Waals surface area contributed by atoms with Gasteiger partial charge in [0.2, 0.25) is 5.91 Å². The lowest BCUT2D eigenvalue weighted by molar-refractivity contribution is -0.120. The molecule has 1 aliphatic carbocycles. The van der Waals surface area contributed by atoms with Crippen LogP contribution in [0.3, 0.4) is 0 Å². The summed E-state index contributed by atoms with van der Waals surface area (Å²) >= 11 is 0. The number of rotatable bonds is 5. The standard InChI is InChI=1S/C15H21NO3/c1-16-15(18)9-4-10-19-14-8-3-5-11-12(14)6-2-7-13(11)17/h3,5,8,13,17H,2,4,6-7,9-10H2,1H3,(H,16,18). The van der Waals surface area contributed by atoms with Crippen molar-refractivity contribution in [2.45, 2.75) is 38.2 Å². The number of benzene rings is 1. The molecule has 1 amide bonds. The topological polar surface area (TPSA) is 58.6 Å². The molecule has 0 fully saturated rings. The number of aliphatic hydroxyl groups excluding tert-OH is 1. The van der Waals surface area contributed by atoms with Crippen molar-refractivity contribution in [1.82, 2.24) is 5.32 Å². The highest BCUT2D eigenvalue weighted by molar-refractivity contribution is 5.75. The second-order valence-corrected chi connectivity index (χ2v) is 4.86. The third-order valence-electron chi connectivity index (χ3n) is 3.52. The Morgan fingerprint density at radius 3 is 3.16 bits per heavy atom. The van der Waals surface area contributed by atoms with Gasteiger partial charge in [-0.05, 0) is 42.9 Å². The van der Waals surface area contributed by atoms with Crippen LogP contribution in [0.1, 0.15) is 42.9 Å². The second-order valence-electron chi connectivity index (χ2n) is 4.86. The van der Waals surface area contributed by atoms with Crippen LogP contribution in [0.5, 0.6) is 5.75 Å². The van der Waals surface area contributed by atoms with E-state index in [-0.39, 0.29) is 12.0 Å². The predicted octanol–water partition coefficient (Wildman–Crippen LogP) is 1.96. The van der Waals surface area contributed by atoms with E-state index in [1.807, 2.05) is 18.2 Å². The van der Waals surface area contributed by atoms with E-state index >= 15 is 0 Å². The monoisotopic (exact) mass is 263 g/mol. The Bertz CT molecular complexity index is 445. The summed E-state index contributed by atoms with van der Waals surface area (Å²) in [6.07, 6.45) is 3.59. The summed E-state index contributed by atoms with van der Waals surface area (Å²) < 4.78 is 5.76.